The van der Waals surface area contributed by atoms with Crippen molar-refractivity contribution in [2.45, 2.75) is 51.9 Å². The second-order valence-electron chi connectivity index (χ2n) is 6.92. The highest BCUT2D eigenvalue weighted by Crippen LogP contribution is 2.26. The number of aromatic nitrogens is 2. The van der Waals surface area contributed by atoms with E-state index in [1.165, 1.54) is 0 Å². The van der Waals surface area contributed by atoms with Crippen molar-refractivity contribution in [3.8, 4) is 0 Å². The van der Waals surface area contributed by atoms with Gasteiger partial charge in [0.05, 0.1) is 5.69 Å². The fraction of sp³-hybridized carbons (Fsp3) is 0.667. The summed E-state index contributed by atoms with van der Waals surface area (Å²) in [5.41, 5.74) is 0.614. The molecular weight excluding hydrogens is 332 g/mol. The van der Waals surface area contributed by atoms with Gasteiger partial charge in [0, 0.05) is 36.4 Å². The first-order valence-corrected chi connectivity index (χ1v) is 8.50. The molecule has 0 bridgehead atoms. The van der Waals surface area contributed by atoms with Gasteiger partial charge in [-0.05, 0) is 6.92 Å². The predicted molar refractivity (Wildman–Crippen MR) is 93.1 cm³/mol. The molecule has 1 fully saturated rings. The molecule has 134 valence electrons. The molecular formula is C15H25ClN6O2. The van der Waals surface area contributed by atoms with Crippen LogP contribution in [0.3, 0.4) is 0 Å². The third kappa shape index (κ3) is 4.61. The molecule has 2 heterocycles. The quantitative estimate of drug-likeness (QED) is 0.614. The molecule has 0 radical (unpaired) electrons. The normalized spacial score (nSPS) is 21.3. The van der Waals surface area contributed by atoms with Crippen LogP contribution in [0.1, 0.15) is 46.1 Å². The Kier molecular flexibility index (Phi) is 5.71. The summed E-state index contributed by atoms with van der Waals surface area (Å²) < 4.78 is 1.59. The monoisotopic (exact) mass is 356 g/mol. The molecule has 4 N–H and O–H groups in total. The first-order valence-electron chi connectivity index (χ1n) is 7.97. The van der Waals surface area contributed by atoms with Gasteiger partial charge < -0.3 is 10.6 Å². The fourth-order valence-electron chi connectivity index (χ4n) is 2.36. The number of hydrogen-bond donors (Lipinski definition) is 4. The Labute approximate surface area is 146 Å². The van der Waals surface area contributed by atoms with Crippen LogP contribution >= 0.6 is 11.6 Å². The van der Waals surface area contributed by atoms with E-state index in [1.807, 2.05) is 33.8 Å². The van der Waals surface area contributed by atoms with E-state index in [0.717, 1.165) is 5.69 Å². The summed E-state index contributed by atoms with van der Waals surface area (Å²) >= 11 is 5.58. The van der Waals surface area contributed by atoms with Gasteiger partial charge in [0.25, 0.3) is 0 Å². The number of nitrogens with one attached hydrogen (secondary N) is 4. The van der Waals surface area contributed by atoms with Crippen molar-refractivity contribution in [3.05, 3.63) is 11.8 Å². The van der Waals surface area contributed by atoms with Gasteiger partial charge in [-0.1, -0.05) is 20.8 Å². The standard InChI is InChI=1S/C15H25ClN6O2/c1-9-7-12(23)20-13(18-9)22-11(19-14(24)17-6-5-16)8-10(21-22)15(2,3)4/h8-9,13,18H,5-7H2,1-4H3,(H,20,23)(H2,17,19,24). The number of amides is 3. The highest BCUT2D eigenvalue weighted by atomic mass is 35.5. The van der Waals surface area contributed by atoms with Crippen molar-refractivity contribution in [2.24, 2.45) is 0 Å². The van der Waals surface area contributed by atoms with Gasteiger partial charge in [-0.3, -0.25) is 15.4 Å². The van der Waals surface area contributed by atoms with Crippen LogP contribution in [0.25, 0.3) is 0 Å². The van der Waals surface area contributed by atoms with Crippen molar-refractivity contribution in [3.63, 3.8) is 0 Å². The lowest BCUT2D eigenvalue weighted by molar-refractivity contribution is -0.125. The Morgan fingerprint density at radius 3 is 2.79 bits per heavy atom. The topological polar surface area (TPSA) is 100 Å². The second kappa shape index (κ2) is 7.40. The van der Waals surface area contributed by atoms with E-state index in [0.29, 0.717) is 24.7 Å². The van der Waals surface area contributed by atoms with Crippen LogP contribution < -0.4 is 21.3 Å². The van der Waals surface area contributed by atoms with Crippen LogP contribution in [0.15, 0.2) is 6.07 Å². The van der Waals surface area contributed by atoms with Gasteiger partial charge >= 0.3 is 6.03 Å². The van der Waals surface area contributed by atoms with E-state index >= 15 is 0 Å². The largest absolute Gasteiger partial charge is 0.337 e. The SMILES string of the molecule is CC1CC(=O)NC(n2nc(C(C)(C)C)cc2NC(=O)NCCCl)N1. The minimum atomic E-state index is -0.513. The lowest BCUT2D eigenvalue weighted by Crippen LogP contribution is -2.52. The molecule has 1 saturated heterocycles. The van der Waals surface area contributed by atoms with Crippen molar-refractivity contribution in [1.82, 2.24) is 25.7 Å². The van der Waals surface area contributed by atoms with Crippen LogP contribution in [0.4, 0.5) is 10.6 Å². The Morgan fingerprint density at radius 1 is 1.50 bits per heavy atom. The van der Waals surface area contributed by atoms with Crippen molar-refractivity contribution < 1.29 is 9.59 Å². The third-order valence-electron chi connectivity index (χ3n) is 3.60. The van der Waals surface area contributed by atoms with Gasteiger partial charge in [0.15, 0.2) is 6.29 Å². The predicted octanol–water partition coefficient (Wildman–Crippen LogP) is 1.49. The van der Waals surface area contributed by atoms with E-state index in [2.05, 4.69) is 26.4 Å². The average molecular weight is 357 g/mol. The first kappa shape index (κ1) is 18.5. The molecule has 2 atom stereocenters. The summed E-state index contributed by atoms with van der Waals surface area (Å²) in [5.74, 6) is 0.771. The number of halogens is 1. The summed E-state index contributed by atoms with van der Waals surface area (Å²) in [4.78, 5) is 23.8. The molecule has 9 heteroatoms. The zero-order chi connectivity index (χ0) is 17.9. The first-order chi connectivity index (χ1) is 11.2. The average Bonchev–Trinajstić information content (AvgIpc) is 2.88. The molecule has 24 heavy (non-hydrogen) atoms. The van der Waals surface area contributed by atoms with Crippen molar-refractivity contribution in [1.29, 1.82) is 0 Å². The number of anilines is 1. The zero-order valence-electron chi connectivity index (χ0n) is 14.4. The molecule has 1 aliphatic rings. The Balaban J connectivity index is 2.28. The number of urea groups is 1. The maximum atomic E-state index is 12.0. The Hall–Kier alpha value is -1.80. The Morgan fingerprint density at radius 2 is 2.21 bits per heavy atom. The molecule has 0 aliphatic carbocycles. The highest BCUT2D eigenvalue weighted by Gasteiger charge is 2.29. The molecule has 8 nitrogen and oxygen atoms in total. The zero-order valence-corrected chi connectivity index (χ0v) is 15.2. The molecule has 2 rings (SSSR count). The lowest BCUT2D eigenvalue weighted by Gasteiger charge is -2.30. The number of carbonyl (C=O) groups is 2. The molecule has 0 saturated carbocycles. The van der Waals surface area contributed by atoms with E-state index in [-0.39, 0.29) is 23.4 Å². The van der Waals surface area contributed by atoms with Gasteiger partial charge in [-0.15, -0.1) is 11.6 Å². The summed E-state index contributed by atoms with van der Waals surface area (Å²) in [5, 5.41) is 16.1. The van der Waals surface area contributed by atoms with E-state index in [4.69, 9.17) is 11.6 Å². The molecule has 0 spiro atoms. The number of carbonyl (C=O) groups excluding carboxylic acids is 2. The van der Waals surface area contributed by atoms with Gasteiger partial charge in [-0.2, -0.15) is 5.10 Å². The maximum absolute atomic E-state index is 12.0. The number of nitrogens with zero attached hydrogens (tertiary/aromatic N) is 2. The van der Waals surface area contributed by atoms with Crippen LogP contribution in [0.2, 0.25) is 0 Å². The number of alkyl halides is 1. The highest BCUT2D eigenvalue weighted by molar-refractivity contribution is 6.18. The van der Waals surface area contributed by atoms with E-state index in [9.17, 15) is 9.59 Å². The Bertz CT molecular complexity index is 610. The van der Waals surface area contributed by atoms with Crippen LogP contribution in [-0.4, -0.2) is 40.2 Å². The minimum Gasteiger partial charge on any atom is -0.337 e. The third-order valence-corrected chi connectivity index (χ3v) is 3.79. The molecule has 3 amide bonds. The van der Waals surface area contributed by atoms with Crippen LogP contribution in [0, 0.1) is 0 Å². The number of hydrogen-bond acceptors (Lipinski definition) is 4. The second-order valence-corrected chi connectivity index (χ2v) is 7.30. The summed E-state index contributed by atoms with van der Waals surface area (Å²) in [6.07, 6.45) is -0.108. The van der Waals surface area contributed by atoms with Crippen LogP contribution in [-0.2, 0) is 10.2 Å². The smallest absolute Gasteiger partial charge is 0.320 e. The summed E-state index contributed by atoms with van der Waals surface area (Å²) in [6.45, 7) is 8.40. The molecule has 1 aromatic heterocycles. The van der Waals surface area contributed by atoms with Gasteiger partial charge in [0.1, 0.15) is 5.82 Å². The molecule has 1 aliphatic heterocycles. The van der Waals surface area contributed by atoms with E-state index < -0.39 is 6.29 Å². The fourth-order valence-corrected chi connectivity index (χ4v) is 2.46. The minimum absolute atomic E-state index is 0.0176. The molecule has 1 aromatic rings. The lowest BCUT2D eigenvalue weighted by atomic mass is 9.92. The van der Waals surface area contributed by atoms with Crippen molar-refractivity contribution in [2.75, 3.05) is 17.7 Å². The molecule has 2 unspecified atom stereocenters. The number of rotatable bonds is 4. The summed E-state index contributed by atoms with van der Waals surface area (Å²) in [7, 11) is 0. The van der Waals surface area contributed by atoms with Gasteiger partial charge in [0.2, 0.25) is 5.91 Å². The summed E-state index contributed by atoms with van der Waals surface area (Å²) in [6, 6.07) is 1.46. The van der Waals surface area contributed by atoms with E-state index in [1.54, 1.807) is 4.68 Å². The molecule has 0 aromatic carbocycles. The maximum Gasteiger partial charge on any atom is 0.320 e. The van der Waals surface area contributed by atoms with Crippen molar-refractivity contribution >= 4 is 29.4 Å². The van der Waals surface area contributed by atoms with Crippen LogP contribution in [0.5, 0.6) is 0 Å². The van der Waals surface area contributed by atoms with Gasteiger partial charge in [-0.25, -0.2) is 9.48 Å².